The third-order valence-corrected chi connectivity index (χ3v) is 1.49. The van der Waals surface area contributed by atoms with Crippen molar-refractivity contribution in [2.24, 2.45) is 0 Å². The lowest BCUT2D eigenvalue weighted by atomic mass is 10.2. The molecule has 0 aliphatic rings. The van der Waals surface area contributed by atoms with Gasteiger partial charge in [0.15, 0.2) is 0 Å². The van der Waals surface area contributed by atoms with Gasteiger partial charge in [0, 0.05) is 12.6 Å². The van der Waals surface area contributed by atoms with E-state index < -0.39 is 0 Å². The van der Waals surface area contributed by atoms with Crippen molar-refractivity contribution in [3.05, 3.63) is 0 Å². The molecule has 4 nitrogen and oxygen atoms in total. The molecule has 0 aromatic rings. The van der Waals surface area contributed by atoms with Crippen LogP contribution in [0.3, 0.4) is 0 Å². The second-order valence-corrected chi connectivity index (χ2v) is 2.98. The summed E-state index contributed by atoms with van der Waals surface area (Å²) in [5.41, 5.74) is 0. The monoisotopic (exact) mass is 223 g/mol. The van der Waals surface area contributed by atoms with E-state index in [0.29, 0.717) is 12.1 Å². The van der Waals surface area contributed by atoms with Crippen LogP contribution in [0.25, 0.3) is 0 Å². The second-order valence-electron chi connectivity index (χ2n) is 2.98. The van der Waals surface area contributed by atoms with Crippen LogP contribution in [-0.4, -0.2) is 32.0 Å². The molecule has 0 aromatic carbocycles. The van der Waals surface area contributed by atoms with E-state index in [9.17, 15) is 0 Å². The van der Waals surface area contributed by atoms with E-state index in [1.54, 1.807) is 0 Å². The van der Waals surface area contributed by atoms with Crippen LogP contribution < -0.4 is 5.32 Å². The van der Waals surface area contributed by atoms with Gasteiger partial charge in [0.1, 0.15) is 0 Å². The zero-order valence-electron chi connectivity index (χ0n) is 9.29. The Morgan fingerprint density at radius 1 is 1.29 bits per heavy atom. The fourth-order valence-corrected chi connectivity index (χ4v) is 0.625. The number of nitrogens with one attached hydrogen (secondary N) is 1. The predicted octanol–water partition coefficient (Wildman–Crippen LogP) is 0.939. The molecule has 1 atom stereocenters. The number of ether oxygens (including phenoxy) is 1. The second kappa shape index (κ2) is 15.1. The van der Waals surface area contributed by atoms with E-state index >= 15 is 0 Å². The molecule has 0 saturated heterocycles. The average Bonchev–Trinajstić information content (AvgIpc) is 2.05. The van der Waals surface area contributed by atoms with Gasteiger partial charge in [-0.2, -0.15) is 23.1 Å². The summed E-state index contributed by atoms with van der Waals surface area (Å²) in [6.45, 7) is 7.14. The fraction of sp³-hybridized carbons (Fsp3) is 0.889. The summed E-state index contributed by atoms with van der Waals surface area (Å²) in [7, 11) is 1.97. The minimum atomic E-state index is 0. The van der Waals surface area contributed by atoms with Crippen molar-refractivity contribution in [2.75, 3.05) is 13.7 Å². The number of carbonyl (C=O) groups excluding carboxylic acids is 2. The zero-order valence-corrected chi connectivity index (χ0v) is 10.3. The summed E-state index contributed by atoms with van der Waals surface area (Å²) in [5, 5.41) is 3.16. The van der Waals surface area contributed by atoms with Crippen molar-refractivity contribution in [1.82, 2.24) is 5.32 Å². The largest absolute Gasteiger partial charge is 0.379 e. The van der Waals surface area contributed by atoms with Crippen LogP contribution in [0.4, 0.5) is 0 Å². The Bertz CT molecular complexity index is 136. The Hall–Kier alpha value is -0.350. The molecule has 0 heterocycles. The summed E-state index contributed by atoms with van der Waals surface area (Å²) in [6, 6.07) is 0.568. The van der Waals surface area contributed by atoms with Crippen molar-refractivity contribution >= 4 is 19.6 Å². The fourth-order valence-electron chi connectivity index (χ4n) is 0.625. The van der Waals surface area contributed by atoms with E-state index in [1.165, 1.54) is 0 Å². The van der Waals surface area contributed by atoms with Gasteiger partial charge in [-0.05, 0) is 34.2 Å². The molecule has 0 radical (unpaired) electrons. The lowest BCUT2D eigenvalue weighted by Gasteiger charge is -2.11. The van der Waals surface area contributed by atoms with Crippen LogP contribution >= 0.6 is 13.5 Å². The van der Waals surface area contributed by atoms with Gasteiger partial charge in [-0.3, -0.25) is 0 Å². The lowest BCUT2D eigenvalue weighted by Crippen LogP contribution is -2.23. The van der Waals surface area contributed by atoms with Gasteiger partial charge in [-0.1, -0.05) is 0 Å². The van der Waals surface area contributed by atoms with E-state index in [0.717, 1.165) is 13.0 Å². The third kappa shape index (κ3) is 22.6. The third-order valence-electron chi connectivity index (χ3n) is 1.49. The molecule has 0 fully saturated rings. The maximum atomic E-state index is 8.12. The summed E-state index contributed by atoms with van der Waals surface area (Å²) in [4.78, 5) is 16.2. The van der Waals surface area contributed by atoms with E-state index in [4.69, 9.17) is 14.3 Å². The predicted molar refractivity (Wildman–Crippen MR) is 59.6 cm³/mol. The zero-order chi connectivity index (χ0) is 10.7. The molecular formula is C9H21NO3S. The van der Waals surface area contributed by atoms with Crippen LogP contribution in [0.15, 0.2) is 0 Å². The van der Waals surface area contributed by atoms with Gasteiger partial charge in [0.25, 0.3) is 0 Å². The first kappa shape index (κ1) is 19.3. The lowest BCUT2D eigenvalue weighted by molar-refractivity contribution is -0.191. The normalized spacial score (nSPS) is 10.6. The number of hydrogen-bond acceptors (Lipinski definition) is 4. The maximum Gasteiger partial charge on any atom is 0.373 e. The smallest absolute Gasteiger partial charge is 0.373 e. The van der Waals surface area contributed by atoms with Crippen molar-refractivity contribution in [2.45, 2.75) is 39.3 Å². The Morgan fingerprint density at radius 3 is 2.00 bits per heavy atom. The first-order chi connectivity index (χ1) is 6.08. The number of hydrogen-bond donors (Lipinski definition) is 1. The molecule has 1 N–H and O–H groups in total. The summed E-state index contributed by atoms with van der Waals surface area (Å²) >= 11 is 0. The van der Waals surface area contributed by atoms with Gasteiger partial charge in [0.2, 0.25) is 0 Å². The molecule has 0 amide bonds. The Kier molecular flexibility index (Phi) is 20.8. The highest BCUT2D eigenvalue weighted by atomic mass is 32.1. The van der Waals surface area contributed by atoms with Gasteiger partial charge in [-0.25, -0.2) is 0 Å². The molecule has 1 unspecified atom stereocenters. The van der Waals surface area contributed by atoms with E-state index in [1.807, 2.05) is 7.05 Å². The molecule has 0 aliphatic heterocycles. The molecule has 5 heteroatoms. The first-order valence-electron chi connectivity index (χ1n) is 4.36. The van der Waals surface area contributed by atoms with E-state index in [-0.39, 0.29) is 19.6 Å². The standard InChI is InChI=1S/C8H19NO.CO2.H2S/c1-7(2)10-6-5-8(3)9-4;2-1-3;/h7-9H,5-6H2,1-4H3;;1H2. The molecule has 0 saturated carbocycles. The molecule has 86 valence electrons. The molecular weight excluding hydrogens is 202 g/mol. The summed E-state index contributed by atoms with van der Waals surface area (Å²) in [5.74, 6) is 0. The minimum absolute atomic E-state index is 0. The van der Waals surface area contributed by atoms with Gasteiger partial charge in [-0.15, -0.1) is 0 Å². The molecule has 0 aromatic heterocycles. The van der Waals surface area contributed by atoms with Crippen LogP contribution in [-0.2, 0) is 14.3 Å². The van der Waals surface area contributed by atoms with Gasteiger partial charge >= 0.3 is 6.15 Å². The van der Waals surface area contributed by atoms with Crippen LogP contribution in [0.2, 0.25) is 0 Å². The minimum Gasteiger partial charge on any atom is -0.379 e. The maximum absolute atomic E-state index is 8.12. The number of rotatable bonds is 5. The highest BCUT2D eigenvalue weighted by Crippen LogP contribution is 1.93. The van der Waals surface area contributed by atoms with Crippen molar-refractivity contribution in [1.29, 1.82) is 0 Å². The Morgan fingerprint density at radius 2 is 1.71 bits per heavy atom. The molecule has 0 aliphatic carbocycles. The van der Waals surface area contributed by atoms with Crippen molar-refractivity contribution in [3.63, 3.8) is 0 Å². The van der Waals surface area contributed by atoms with Crippen LogP contribution in [0, 0.1) is 0 Å². The van der Waals surface area contributed by atoms with Gasteiger partial charge < -0.3 is 10.1 Å². The van der Waals surface area contributed by atoms with E-state index in [2.05, 4.69) is 26.1 Å². The van der Waals surface area contributed by atoms with Crippen LogP contribution in [0.1, 0.15) is 27.2 Å². The topological polar surface area (TPSA) is 55.4 Å². The Labute approximate surface area is 92.8 Å². The SMILES string of the molecule is CNC(C)CCOC(C)C.O=C=O.S. The van der Waals surface area contributed by atoms with Crippen LogP contribution in [0.5, 0.6) is 0 Å². The Balaban J connectivity index is -0.000000267. The summed E-state index contributed by atoms with van der Waals surface area (Å²) < 4.78 is 5.37. The molecule has 14 heavy (non-hydrogen) atoms. The van der Waals surface area contributed by atoms with Crippen molar-refractivity contribution < 1.29 is 14.3 Å². The average molecular weight is 223 g/mol. The molecule has 0 rings (SSSR count). The first-order valence-corrected chi connectivity index (χ1v) is 4.36. The quantitative estimate of drug-likeness (QED) is 0.753. The summed E-state index contributed by atoms with van der Waals surface area (Å²) in [6.07, 6.45) is 1.71. The molecule has 0 bridgehead atoms. The van der Waals surface area contributed by atoms with Crippen molar-refractivity contribution in [3.8, 4) is 0 Å². The highest BCUT2D eigenvalue weighted by molar-refractivity contribution is 7.59. The highest BCUT2D eigenvalue weighted by Gasteiger charge is 1.98. The van der Waals surface area contributed by atoms with Gasteiger partial charge in [0.05, 0.1) is 6.10 Å². The molecule has 0 spiro atoms.